The van der Waals surface area contributed by atoms with Crippen LogP contribution in [-0.2, 0) is 13.0 Å². The van der Waals surface area contributed by atoms with Crippen molar-refractivity contribution in [3.05, 3.63) is 47.7 Å². The number of allylic oxidation sites excluding steroid dienone is 1. The van der Waals surface area contributed by atoms with Gasteiger partial charge in [-0.05, 0) is 17.5 Å². The largest absolute Gasteiger partial charge is 0.370 e. The maximum absolute atomic E-state index is 4.25. The summed E-state index contributed by atoms with van der Waals surface area (Å²) in [6, 6.07) is 8.74. The minimum atomic E-state index is 0.173. The van der Waals surface area contributed by atoms with Crippen molar-refractivity contribution >= 4 is 0 Å². The third kappa shape index (κ3) is 3.38. The van der Waals surface area contributed by atoms with E-state index in [-0.39, 0.29) is 5.41 Å². The van der Waals surface area contributed by atoms with Crippen LogP contribution in [0.3, 0.4) is 0 Å². The molecule has 1 heteroatoms. The van der Waals surface area contributed by atoms with Crippen LogP contribution >= 0.6 is 0 Å². The number of hydrogen-bond donors (Lipinski definition) is 0. The van der Waals surface area contributed by atoms with Crippen LogP contribution in [0.4, 0.5) is 0 Å². The van der Waals surface area contributed by atoms with Gasteiger partial charge in [-0.15, -0.1) is 0 Å². The van der Waals surface area contributed by atoms with Gasteiger partial charge in [0, 0.05) is 24.2 Å². The summed E-state index contributed by atoms with van der Waals surface area (Å²) >= 11 is 0. The first-order valence-corrected chi connectivity index (χ1v) is 6.99. The molecule has 0 aromatic heterocycles. The van der Waals surface area contributed by atoms with Gasteiger partial charge in [-0.1, -0.05) is 65.5 Å². The van der Waals surface area contributed by atoms with E-state index < -0.39 is 0 Å². The van der Waals surface area contributed by atoms with Crippen LogP contribution < -0.4 is 0 Å². The number of rotatable bonds is 1. The summed E-state index contributed by atoms with van der Waals surface area (Å²) in [5.74, 6) is 0. The Morgan fingerprint density at radius 3 is 2.22 bits per heavy atom. The monoisotopic (exact) mass is 245 g/mol. The molecule has 0 amide bonds. The first kappa shape index (κ1) is 14.8. The summed E-state index contributed by atoms with van der Waals surface area (Å²) in [4.78, 5) is 2.42. The molecular formula is C17H27N. The number of hydrogen-bond acceptors (Lipinski definition) is 1. The van der Waals surface area contributed by atoms with E-state index in [0.29, 0.717) is 0 Å². The summed E-state index contributed by atoms with van der Waals surface area (Å²) in [6.07, 6.45) is 1.14. The molecule has 100 valence electrons. The van der Waals surface area contributed by atoms with Crippen LogP contribution in [0.15, 0.2) is 36.5 Å². The van der Waals surface area contributed by atoms with Crippen molar-refractivity contribution in [3.63, 3.8) is 0 Å². The molecule has 0 unspecified atom stereocenters. The standard InChI is InChI=1S/C15H21N.C2H6/c1-12(15(2,3)4)16-10-9-13-7-5-6-8-14(13)11-16;1-2/h5-8H,1,9-11H2,2-4H3;1-2H3. The Kier molecular flexibility index (Phi) is 5.01. The second-order valence-electron chi connectivity index (χ2n) is 5.64. The van der Waals surface area contributed by atoms with E-state index in [2.05, 4.69) is 56.5 Å². The van der Waals surface area contributed by atoms with Gasteiger partial charge < -0.3 is 4.90 Å². The fourth-order valence-corrected chi connectivity index (χ4v) is 2.20. The molecule has 1 nitrogen and oxygen atoms in total. The van der Waals surface area contributed by atoms with Gasteiger partial charge >= 0.3 is 0 Å². The highest BCUT2D eigenvalue weighted by atomic mass is 15.1. The highest BCUT2D eigenvalue weighted by Crippen LogP contribution is 2.30. The average Bonchev–Trinajstić information content (AvgIpc) is 2.38. The Balaban J connectivity index is 0.000000771. The van der Waals surface area contributed by atoms with Gasteiger partial charge in [-0.2, -0.15) is 0 Å². The van der Waals surface area contributed by atoms with Gasteiger partial charge in [-0.25, -0.2) is 0 Å². The topological polar surface area (TPSA) is 3.24 Å². The predicted molar refractivity (Wildman–Crippen MR) is 80.5 cm³/mol. The number of benzene rings is 1. The molecule has 0 aliphatic carbocycles. The van der Waals surface area contributed by atoms with Crippen LogP contribution in [0, 0.1) is 5.41 Å². The van der Waals surface area contributed by atoms with Crippen LogP contribution in [0.25, 0.3) is 0 Å². The lowest BCUT2D eigenvalue weighted by Gasteiger charge is -2.37. The lowest BCUT2D eigenvalue weighted by atomic mass is 9.89. The van der Waals surface area contributed by atoms with Gasteiger partial charge in [0.05, 0.1) is 0 Å². The Bertz CT molecular complexity index is 398. The molecule has 0 fully saturated rings. The molecule has 0 spiro atoms. The Hall–Kier alpha value is -1.24. The van der Waals surface area contributed by atoms with Crippen LogP contribution in [-0.4, -0.2) is 11.4 Å². The van der Waals surface area contributed by atoms with Crippen molar-refractivity contribution < 1.29 is 0 Å². The minimum absolute atomic E-state index is 0.173. The van der Waals surface area contributed by atoms with Crippen LogP contribution in [0.1, 0.15) is 45.7 Å². The molecule has 0 radical (unpaired) electrons. The van der Waals surface area contributed by atoms with Crippen molar-refractivity contribution in [1.29, 1.82) is 0 Å². The molecule has 1 aliphatic heterocycles. The maximum Gasteiger partial charge on any atom is 0.0429 e. The highest BCUT2D eigenvalue weighted by molar-refractivity contribution is 5.30. The molecule has 1 aliphatic rings. The van der Waals surface area contributed by atoms with Gasteiger partial charge in [0.15, 0.2) is 0 Å². The second kappa shape index (κ2) is 6.08. The molecule has 1 heterocycles. The lowest BCUT2D eigenvalue weighted by Crippen LogP contribution is -2.34. The zero-order valence-electron chi connectivity index (χ0n) is 12.6. The number of fused-ring (bicyclic) bond motifs is 1. The predicted octanol–water partition coefficient (Wildman–Crippen LogP) is 4.63. The van der Waals surface area contributed by atoms with E-state index in [0.717, 1.165) is 19.5 Å². The second-order valence-corrected chi connectivity index (χ2v) is 5.64. The van der Waals surface area contributed by atoms with Crippen molar-refractivity contribution in [2.75, 3.05) is 6.54 Å². The Labute approximate surface area is 113 Å². The van der Waals surface area contributed by atoms with E-state index in [1.165, 1.54) is 16.8 Å². The molecular weight excluding hydrogens is 218 g/mol. The number of nitrogens with zero attached hydrogens (tertiary/aromatic N) is 1. The van der Waals surface area contributed by atoms with E-state index in [9.17, 15) is 0 Å². The molecule has 0 bridgehead atoms. The molecule has 1 aromatic rings. The van der Waals surface area contributed by atoms with Crippen molar-refractivity contribution in [2.24, 2.45) is 5.41 Å². The van der Waals surface area contributed by atoms with Gasteiger partial charge in [-0.3, -0.25) is 0 Å². The smallest absolute Gasteiger partial charge is 0.0429 e. The Morgan fingerprint density at radius 1 is 1.11 bits per heavy atom. The minimum Gasteiger partial charge on any atom is -0.370 e. The summed E-state index contributed by atoms with van der Waals surface area (Å²) < 4.78 is 0. The van der Waals surface area contributed by atoms with E-state index in [4.69, 9.17) is 0 Å². The maximum atomic E-state index is 4.25. The summed E-state index contributed by atoms with van der Waals surface area (Å²) in [7, 11) is 0. The summed E-state index contributed by atoms with van der Waals surface area (Å²) in [6.45, 7) is 17.1. The Morgan fingerprint density at radius 2 is 1.67 bits per heavy atom. The van der Waals surface area contributed by atoms with E-state index in [1.807, 2.05) is 13.8 Å². The first-order chi connectivity index (χ1) is 8.48. The SMILES string of the molecule is C=C(N1CCc2ccccc2C1)C(C)(C)C.CC. The van der Waals surface area contributed by atoms with Gasteiger partial charge in [0.2, 0.25) is 0 Å². The summed E-state index contributed by atoms with van der Waals surface area (Å²) in [5.41, 5.74) is 4.38. The quantitative estimate of drug-likeness (QED) is 0.697. The van der Waals surface area contributed by atoms with E-state index in [1.54, 1.807) is 0 Å². The fraction of sp³-hybridized carbons (Fsp3) is 0.529. The lowest BCUT2D eigenvalue weighted by molar-refractivity contribution is 0.253. The van der Waals surface area contributed by atoms with Crippen molar-refractivity contribution in [3.8, 4) is 0 Å². The van der Waals surface area contributed by atoms with Crippen molar-refractivity contribution in [1.82, 2.24) is 4.90 Å². The normalized spacial score (nSPS) is 14.4. The molecule has 0 saturated carbocycles. The van der Waals surface area contributed by atoms with Gasteiger partial charge in [0.1, 0.15) is 0 Å². The third-order valence-corrected chi connectivity index (χ3v) is 3.38. The zero-order valence-corrected chi connectivity index (χ0v) is 12.6. The van der Waals surface area contributed by atoms with E-state index >= 15 is 0 Å². The molecule has 0 N–H and O–H groups in total. The third-order valence-electron chi connectivity index (χ3n) is 3.38. The fourth-order valence-electron chi connectivity index (χ4n) is 2.20. The molecule has 0 saturated heterocycles. The average molecular weight is 245 g/mol. The van der Waals surface area contributed by atoms with Crippen molar-refractivity contribution in [2.45, 2.75) is 47.6 Å². The van der Waals surface area contributed by atoms with Crippen LogP contribution in [0.5, 0.6) is 0 Å². The zero-order chi connectivity index (χ0) is 13.8. The molecule has 1 aromatic carbocycles. The highest BCUT2D eigenvalue weighted by Gasteiger charge is 2.23. The molecule has 0 atom stereocenters. The van der Waals surface area contributed by atoms with Gasteiger partial charge in [0.25, 0.3) is 0 Å². The molecule has 2 rings (SSSR count). The first-order valence-electron chi connectivity index (χ1n) is 6.99. The summed E-state index contributed by atoms with van der Waals surface area (Å²) in [5, 5.41) is 0. The molecule has 18 heavy (non-hydrogen) atoms. The van der Waals surface area contributed by atoms with Crippen LogP contribution in [0.2, 0.25) is 0 Å².